The van der Waals surface area contributed by atoms with Crippen molar-refractivity contribution in [3.05, 3.63) is 0 Å². The molecule has 228 valence electrons. The number of rotatable bonds is 6. The number of carboxylic acids is 1. The van der Waals surface area contributed by atoms with Gasteiger partial charge < -0.3 is 35.0 Å². The highest BCUT2D eigenvalue weighted by molar-refractivity contribution is 5.90. The van der Waals surface area contributed by atoms with Gasteiger partial charge in [0.2, 0.25) is 11.8 Å². The van der Waals surface area contributed by atoms with Crippen LogP contribution in [-0.2, 0) is 19.1 Å². The first-order valence-electron chi connectivity index (χ1n) is 15.0. The van der Waals surface area contributed by atoms with Crippen molar-refractivity contribution in [2.45, 2.75) is 119 Å². The van der Waals surface area contributed by atoms with Gasteiger partial charge in [0.25, 0.3) is 0 Å². The molecule has 9 atom stereocenters. The summed E-state index contributed by atoms with van der Waals surface area (Å²) in [6, 6.07) is -0.819. The van der Waals surface area contributed by atoms with Crippen LogP contribution in [0.4, 0.5) is 4.79 Å². The Kier molecular flexibility index (Phi) is 6.49. The van der Waals surface area contributed by atoms with Crippen molar-refractivity contribution < 1.29 is 44.3 Å². The second kappa shape index (κ2) is 9.28. The zero-order chi connectivity index (χ0) is 29.7. The molecule has 0 saturated carbocycles. The van der Waals surface area contributed by atoms with Crippen LogP contribution >= 0.6 is 0 Å². The summed E-state index contributed by atoms with van der Waals surface area (Å²) in [6.07, 6.45) is 3.67. The number of hydrogen-bond acceptors (Lipinski definition) is 8. The molecule has 41 heavy (non-hydrogen) atoms. The third-order valence-corrected chi connectivity index (χ3v) is 11.5. The largest absolute Gasteiger partial charge is 0.481 e. The molecule has 6 aliphatic rings. The third-order valence-electron chi connectivity index (χ3n) is 11.5. The molecule has 6 heterocycles. The predicted octanol–water partition coefficient (Wildman–Crippen LogP) is 0.706. The van der Waals surface area contributed by atoms with Crippen molar-refractivity contribution in [3.8, 4) is 0 Å². The van der Waals surface area contributed by atoms with E-state index in [2.05, 4.69) is 0 Å². The molecule has 0 radical (unpaired) electrons. The minimum Gasteiger partial charge on any atom is -0.481 e. The number of fused-ring (bicyclic) bond motifs is 6. The molecule has 12 heteroatoms. The average molecular weight is 578 g/mol. The van der Waals surface area contributed by atoms with Gasteiger partial charge in [-0.1, -0.05) is 0 Å². The fraction of sp³-hybridized carbons (Fsp3) is 0.862. The predicted molar refractivity (Wildman–Crippen MR) is 142 cm³/mol. The maximum atomic E-state index is 14.5. The molecule has 0 aromatic rings. The van der Waals surface area contributed by atoms with E-state index in [4.69, 9.17) is 4.74 Å². The van der Waals surface area contributed by atoms with Gasteiger partial charge in [-0.15, -0.1) is 0 Å². The summed E-state index contributed by atoms with van der Waals surface area (Å²) in [4.78, 5) is 58.9. The van der Waals surface area contributed by atoms with E-state index in [-0.39, 0.29) is 36.4 Å². The number of carbonyl (C=O) groups excluding carboxylic acids is 3. The average Bonchev–Trinajstić information content (AvgIpc) is 3.75. The zero-order valence-electron chi connectivity index (χ0n) is 24.1. The highest BCUT2D eigenvalue weighted by atomic mass is 16.6. The summed E-state index contributed by atoms with van der Waals surface area (Å²) >= 11 is 0. The number of hydrogen-bond donors (Lipinski definition) is 4. The number of aliphatic hydroxyl groups is 3. The van der Waals surface area contributed by atoms with Crippen LogP contribution in [0.5, 0.6) is 0 Å². The Bertz CT molecular complexity index is 1160. The number of aliphatic carboxylic acids is 1. The van der Waals surface area contributed by atoms with E-state index in [1.807, 2.05) is 0 Å². The lowest BCUT2D eigenvalue weighted by Gasteiger charge is -2.44. The van der Waals surface area contributed by atoms with E-state index in [0.717, 1.165) is 0 Å². The Morgan fingerprint density at radius 1 is 0.683 bits per heavy atom. The second-order valence-corrected chi connectivity index (χ2v) is 14.3. The summed E-state index contributed by atoms with van der Waals surface area (Å²) < 4.78 is 5.65. The van der Waals surface area contributed by atoms with Crippen molar-refractivity contribution in [1.82, 2.24) is 14.7 Å². The molecule has 6 rings (SSSR count). The Balaban J connectivity index is 1.29. The van der Waals surface area contributed by atoms with Crippen molar-refractivity contribution in [2.75, 3.05) is 19.8 Å². The van der Waals surface area contributed by atoms with Gasteiger partial charge in [0.1, 0.15) is 5.60 Å². The number of amides is 3. The topological polar surface area (TPSA) is 168 Å². The highest BCUT2D eigenvalue weighted by Crippen LogP contribution is 2.58. The van der Waals surface area contributed by atoms with E-state index in [0.29, 0.717) is 51.4 Å². The van der Waals surface area contributed by atoms with E-state index in [1.54, 1.807) is 35.5 Å². The molecular formula is C29H43N3O9. The lowest BCUT2D eigenvalue weighted by atomic mass is 9.75. The molecule has 4 N–H and O–H groups in total. The van der Waals surface area contributed by atoms with Crippen molar-refractivity contribution in [3.63, 3.8) is 0 Å². The quantitative estimate of drug-likeness (QED) is 0.355. The fourth-order valence-corrected chi connectivity index (χ4v) is 9.82. The van der Waals surface area contributed by atoms with Gasteiger partial charge in [-0.05, 0) is 78.6 Å². The van der Waals surface area contributed by atoms with Crippen LogP contribution in [0.3, 0.4) is 0 Å². The van der Waals surface area contributed by atoms with Crippen molar-refractivity contribution in [1.29, 1.82) is 0 Å². The zero-order valence-corrected chi connectivity index (χ0v) is 24.1. The molecule has 0 spiro atoms. The number of nitrogens with zero attached hydrogens (tertiary/aromatic N) is 3. The van der Waals surface area contributed by atoms with E-state index >= 15 is 0 Å². The number of carboxylic acid groups (broad SMARTS) is 1. The maximum Gasteiger partial charge on any atom is 0.411 e. The number of ether oxygens (including phenoxy) is 1. The summed E-state index contributed by atoms with van der Waals surface area (Å²) in [5, 5.41) is 41.8. The van der Waals surface area contributed by atoms with Gasteiger partial charge in [0, 0.05) is 18.1 Å². The van der Waals surface area contributed by atoms with Gasteiger partial charge in [-0.2, -0.15) is 0 Å². The minimum absolute atomic E-state index is 0.244. The highest BCUT2D eigenvalue weighted by Gasteiger charge is 2.70. The number of carbonyl (C=O) groups is 4. The van der Waals surface area contributed by atoms with Crippen LogP contribution < -0.4 is 0 Å². The Morgan fingerprint density at radius 3 is 1.44 bits per heavy atom. The van der Waals surface area contributed by atoms with E-state index < -0.39 is 71.9 Å². The Hall–Kier alpha value is -2.44. The molecule has 3 amide bonds. The standard InChI is InChI=1S/C29H43N3O9/c1-26(2,3)41-25(40)32-18-6-8-28(32,14-34)20(11-18)23(37)30-16-4-7-27(30,13-33)19(10-16)22(36)31-17-5-9-29(31,15-35)21(12-17)24(38)39/h16-21,33-35H,4-15H2,1-3H3,(H,38,39)/t16-,17-,18-,19+,20+,21+,27+,28+,29+/m0/s1. The molecule has 0 unspecified atom stereocenters. The first-order chi connectivity index (χ1) is 19.3. The van der Waals surface area contributed by atoms with Gasteiger partial charge in [-0.3, -0.25) is 19.3 Å². The lowest BCUT2D eigenvalue weighted by Crippen LogP contribution is -2.62. The van der Waals surface area contributed by atoms with E-state index in [1.165, 1.54) is 0 Å². The summed E-state index contributed by atoms with van der Waals surface area (Å²) in [7, 11) is 0. The van der Waals surface area contributed by atoms with Gasteiger partial charge in [0.05, 0.1) is 54.2 Å². The molecule has 0 aliphatic carbocycles. The molecule has 6 fully saturated rings. The van der Waals surface area contributed by atoms with Gasteiger partial charge in [0.15, 0.2) is 0 Å². The normalized spacial score (nSPS) is 42.4. The molecule has 6 saturated heterocycles. The third kappa shape index (κ3) is 3.68. The summed E-state index contributed by atoms with van der Waals surface area (Å²) in [5.74, 6) is -3.84. The summed E-state index contributed by atoms with van der Waals surface area (Å²) in [6.45, 7) is 4.06. The van der Waals surface area contributed by atoms with Crippen LogP contribution in [0, 0.1) is 17.8 Å². The van der Waals surface area contributed by atoms with Crippen LogP contribution in [0.2, 0.25) is 0 Å². The molecule has 6 aliphatic heterocycles. The monoisotopic (exact) mass is 577 g/mol. The Morgan fingerprint density at radius 2 is 1.05 bits per heavy atom. The second-order valence-electron chi connectivity index (χ2n) is 14.3. The first kappa shape index (κ1) is 28.7. The SMILES string of the molecule is CC(C)(C)OC(=O)N1[C@H]2CC[C@@]1(CO)[C@@H](C(=O)N1[C@H]3CC[C@@]1(CO)[C@@H](C(=O)N1[C@H]4CC[C@@]1(CO)[C@@H](C(=O)O)C4)C3)C2. The molecule has 6 bridgehead atoms. The molecule has 0 aromatic heterocycles. The van der Waals surface area contributed by atoms with Gasteiger partial charge in [-0.25, -0.2) is 4.79 Å². The van der Waals surface area contributed by atoms with Crippen LogP contribution in [-0.4, -0.2) is 119 Å². The van der Waals surface area contributed by atoms with E-state index in [9.17, 15) is 39.6 Å². The van der Waals surface area contributed by atoms with Crippen LogP contribution in [0.1, 0.15) is 78.6 Å². The number of aliphatic hydroxyl groups excluding tert-OH is 3. The van der Waals surface area contributed by atoms with Gasteiger partial charge >= 0.3 is 12.1 Å². The molecular weight excluding hydrogens is 534 g/mol. The fourth-order valence-electron chi connectivity index (χ4n) is 9.82. The van der Waals surface area contributed by atoms with Crippen molar-refractivity contribution >= 4 is 23.9 Å². The molecule has 0 aromatic carbocycles. The Labute approximate surface area is 239 Å². The van der Waals surface area contributed by atoms with Crippen LogP contribution in [0.15, 0.2) is 0 Å². The molecule has 12 nitrogen and oxygen atoms in total. The maximum absolute atomic E-state index is 14.5. The smallest absolute Gasteiger partial charge is 0.411 e. The van der Waals surface area contributed by atoms with Crippen LogP contribution in [0.25, 0.3) is 0 Å². The minimum atomic E-state index is -1.17. The first-order valence-corrected chi connectivity index (χ1v) is 15.0. The summed E-state index contributed by atoms with van der Waals surface area (Å²) in [5.41, 5.74) is -4.16. The van der Waals surface area contributed by atoms with Crippen molar-refractivity contribution in [2.24, 2.45) is 17.8 Å². The lowest BCUT2D eigenvalue weighted by molar-refractivity contribution is -0.154.